The predicted molar refractivity (Wildman–Crippen MR) is 112 cm³/mol. The highest BCUT2D eigenvalue weighted by molar-refractivity contribution is 5.84. The maximum absolute atomic E-state index is 11.9. The zero-order valence-electron chi connectivity index (χ0n) is 18.4. The quantitative estimate of drug-likeness (QED) is 0.297. The minimum atomic E-state index is -0.492. The summed E-state index contributed by atoms with van der Waals surface area (Å²) in [4.78, 5) is 20.3. The molecule has 172 valence electrons. The van der Waals surface area contributed by atoms with Gasteiger partial charge in [-0.1, -0.05) is 0 Å². The highest BCUT2D eigenvalue weighted by Crippen LogP contribution is 2.32. The van der Waals surface area contributed by atoms with Crippen LogP contribution in [0.2, 0.25) is 0 Å². The number of hydrogen-bond acceptors (Lipinski definition) is 7. The topological polar surface area (TPSA) is 96.9 Å². The minimum Gasteiger partial charge on any atom is -0.381 e. The molecule has 1 spiro atoms. The molecule has 0 aromatic carbocycles. The molecule has 0 aromatic rings. The molecule has 1 unspecified atom stereocenters. The van der Waals surface area contributed by atoms with Crippen LogP contribution in [0.3, 0.4) is 0 Å². The van der Waals surface area contributed by atoms with Crippen LogP contribution >= 0.6 is 0 Å². The van der Waals surface area contributed by atoms with Gasteiger partial charge in [-0.15, -0.1) is 0 Å². The van der Waals surface area contributed by atoms with Crippen LogP contribution in [0.1, 0.15) is 19.3 Å². The second-order valence-corrected chi connectivity index (χ2v) is 8.14. The first kappa shape index (κ1) is 23.2. The van der Waals surface area contributed by atoms with Crippen molar-refractivity contribution < 1.29 is 23.7 Å². The number of nitrogens with one attached hydrogen (secondary N) is 2. The van der Waals surface area contributed by atoms with E-state index in [1.807, 2.05) is 0 Å². The van der Waals surface area contributed by atoms with Gasteiger partial charge in [0.1, 0.15) is 12.6 Å². The van der Waals surface area contributed by atoms with Crippen molar-refractivity contribution in [2.75, 3.05) is 86.4 Å². The highest BCUT2D eigenvalue weighted by Gasteiger charge is 2.42. The molecule has 30 heavy (non-hydrogen) atoms. The fraction of sp³-hybridized carbons (Fsp3) is 0.900. The van der Waals surface area contributed by atoms with Gasteiger partial charge >= 0.3 is 0 Å². The van der Waals surface area contributed by atoms with E-state index in [9.17, 15) is 4.79 Å². The molecule has 0 saturated carbocycles. The number of ether oxygens (including phenoxy) is 4. The third-order valence-corrected chi connectivity index (χ3v) is 5.58. The molecule has 2 N–H and O–H groups in total. The third kappa shape index (κ3) is 7.35. The standard InChI is InChI=1S/C20H37N5O5/c1-24(2)18(26)15-23-19(21-6-3-7-25-8-12-28-13-9-25)22-14-17-16-29-20(30-17)4-10-27-11-5-20/h17H,3-16H2,1-2H3,(H2,21,22,23). The molecule has 3 heterocycles. The molecule has 1 amide bonds. The molecule has 3 aliphatic heterocycles. The number of likely N-dealkylation sites (N-methyl/N-ethyl adjacent to an activating group) is 1. The number of amides is 1. The Balaban J connectivity index is 1.43. The van der Waals surface area contributed by atoms with Crippen molar-refractivity contribution in [2.24, 2.45) is 4.99 Å². The van der Waals surface area contributed by atoms with Gasteiger partial charge in [-0.25, -0.2) is 4.99 Å². The lowest BCUT2D eigenvalue weighted by Crippen LogP contribution is -2.44. The van der Waals surface area contributed by atoms with Crippen LogP contribution in [0.25, 0.3) is 0 Å². The van der Waals surface area contributed by atoms with Crippen molar-refractivity contribution in [1.29, 1.82) is 0 Å². The summed E-state index contributed by atoms with van der Waals surface area (Å²) in [7, 11) is 3.47. The fourth-order valence-corrected chi connectivity index (χ4v) is 3.67. The van der Waals surface area contributed by atoms with Crippen molar-refractivity contribution in [3.05, 3.63) is 0 Å². The van der Waals surface area contributed by atoms with E-state index in [4.69, 9.17) is 18.9 Å². The number of guanidine groups is 1. The van der Waals surface area contributed by atoms with E-state index in [0.29, 0.717) is 32.3 Å². The molecule has 0 radical (unpaired) electrons. The summed E-state index contributed by atoms with van der Waals surface area (Å²) in [6, 6.07) is 0. The van der Waals surface area contributed by atoms with Gasteiger partial charge in [0.25, 0.3) is 0 Å². The summed E-state index contributed by atoms with van der Waals surface area (Å²) in [5, 5.41) is 6.66. The number of carbonyl (C=O) groups excluding carboxylic acids is 1. The van der Waals surface area contributed by atoms with Gasteiger partial charge in [-0.2, -0.15) is 0 Å². The van der Waals surface area contributed by atoms with Crippen molar-refractivity contribution in [3.63, 3.8) is 0 Å². The first-order chi connectivity index (χ1) is 14.6. The smallest absolute Gasteiger partial charge is 0.243 e. The van der Waals surface area contributed by atoms with Crippen LogP contribution in [-0.4, -0.2) is 120 Å². The van der Waals surface area contributed by atoms with Gasteiger partial charge < -0.3 is 34.5 Å². The van der Waals surface area contributed by atoms with E-state index >= 15 is 0 Å². The maximum Gasteiger partial charge on any atom is 0.243 e. The van der Waals surface area contributed by atoms with Crippen molar-refractivity contribution in [1.82, 2.24) is 20.4 Å². The summed E-state index contributed by atoms with van der Waals surface area (Å²) in [5.41, 5.74) is 0. The Morgan fingerprint density at radius 3 is 2.60 bits per heavy atom. The van der Waals surface area contributed by atoms with Crippen LogP contribution in [-0.2, 0) is 23.7 Å². The third-order valence-electron chi connectivity index (χ3n) is 5.58. The Labute approximate surface area is 179 Å². The van der Waals surface area contributed by atoms with Crippen LogP contribution in [0, 0.1) is 0 Å². The molecule has 3 aliphatic rings. The van der Waals surface area contributed by atoms with Crippen LogP contribution < -0.4 is 10.6 Å². The van der Waals surface area contributed by atoms with Crippen LogP contribution in [0.4, 0.5) is 0 Å². The van der Waals surface area contributed by atoms with Gasteiger partial charge in [-0.3, -0.25) is 9.69 Å². The van der Waals surface area contributed by atoms with Gasteiger partial charge in [0.05, 0.1) is 33.0 Å². The number of nitrogens with zero attached hydrogens (tertiary/aromatic N) is 3. The molecule has 0 aromatic heterocycles. The summed E-state index contributed by atoms with van der Waals surface area (Å²) in [5.74, 6) is 0.101. The molecule has 3 rings (SSSR count). The molecule has 3 saturated heterocycles. The summed E-state index contributed by atoms with van der Waals surface area (Å²) >= 11 is 0. The zero-order chi connectivity index (χ0) is 21.2. The summed E-state index contributed by atoms with van der Waals surface area (Å²) < 4.78 is 22.9. The van der Waals surface area contributed by atoms with Crippen molar-refractivity contribution in [2.45, 2.75) is 31.2 Å². The van der Waals surface area contributed by atoms with E-state index in [1.54, 1.807) is 19.0 Å². The monoisotopic (exact) mass is 427 g/mol. The van der Waals surface area contributed by atoms with E-state index in [1.165, 1.54) is 0 Å². The normalized spacial score (nSPS) is 24.7. The van der Waals surface area contributed by atoms with Gasteiger partial charge in [-0.05, 0) is 13.0 Å². The number of aliphatic imine (C=N–C) groups is 1. The van der Waals surface area contributed by atoms with E-state index in [-0.39, 0.29) is 18.6 Å². The lowest BCUT2D eigenvalue weighted by molar-refractivity contribution is -0.210. The van der Waals surface area contributed by atoms with Gasteiger partial charge in [0.2, 0.25) is 5.91 Å². The van der Waals surface area contributed by atoms with Gasteiger partial charge in [0.15, 0.2) is 11.7 Å². The molecule has 1 atom stereocenters. The Morgan fingerprint density at radius 2 is 1.87 bits per heavy atom. The summed E-state index contributed by atoms with van der Waals surface area (Å²) in [6.45, 7) is 7.97. The Kier molecular flexibility index (Phi) is 9.13. The SMILES string of the molecule is CN(C)C(=O)CN=C(NCCCN1CCOCC1)NCC1COC2(CCOCC2)O1. The number of hydrogen-bond donors (Lipinski definition) is 2. The Morgan fingerprint density at radius 1 is 1.13 bits per heavy atom. The predicted octanol–water partition coefficient (Wildman–Crippen LogP) is -0.746. The second kappa shape index (κ2) is 11.8. The Bertz CT molecular complexity index is 562. The Hall–Kier alpha value is -1.46. The van der Waals surface area contributed by atoms with Crippen LogP contribution in [0.15, 0.2) is 4.99 Å². The molecular formula is C20H37N5O5. The lowest BCUT2D eigenvalue weighted by Gasteiger charge is -2.31. The van der Waals surface area contributed by atoms with E-state index < -0.39 is 5.79 Å². The van der Waals surface area contributed by atoms with Crippen molar-refractivity contribution >= 4 is 11.9 Å². The second-order valence-electron chi connectivity index (χ2n) is 8.14. The maximum atomic E-state index is 11.9. The fourth-order valence-electron chi connectivity index (χ4n) is 3.67. The number of morpholine rings is 1. The molecule has 10 nitrogen and oxygen atoms in total. The molecule has 10 heteroatoms. The van der Waals surface area contributed by atoms with Gasteiger partial charge in [0, 0.05) is 53.1 Å². The number of rotatable bonds is 8. The lowest BCUT2D eigenvalue weighted by atomic mass is 10.1. The number of carbonyl (C=O) groups is 1. The first-order valence-electron chi connectivity index (χ1n) is 11.0. The zero-order valence-corrected chi connectivity index (χ0v) is 18.4. The molecule has 0 aliphatic carbocycles. The summed E-state index contributed by atoms with van der Waals surface area (Å²) in [6.07, 6.45) is 2.48. The first-order valence-corrected chi connectivity index (χ1v) is 11.0. The van der Waals surface area contributed by atoms with Crippen molar-refractivity contribution in [3.8, 4) is 0 Å². The van der Waals surface area contributed by atoms with Crippen LogP contribution in [0.5, 0.6) is 0 Å². The largest absolute Gasteiger partial charge is 0.381 e. The van der Waals surface area contributed by atoms with E-state index in [2.05, 4.69) is 20.5 Å². The average molecular weight is 428 g/mol. The molecule has 3 fully saturated rings. The van der Waals surface area contributed by atoms with E-state index in [0.717, 1.165) is 58.7 Å². The average Bonchev–Trinajstić information content (AvgIpc) is 3.15. The minimum absolute atomic E-state index is 0.0361. The molecule has 0 bridgehead atoms. The molecular weight excluding hydrogens is 390 g/mol. The highest BCUT2D eigenvalue weighted by atomic mass is 16.7.